The van der Waals surface area contributed by atoms with E-state index in [1.165, 1.54) is 13.8 Å². The van der Waals surface area contributed by atoms with Crippen molar-refractivity contribution in [3.8, 4) is 0 Å². The summed E-state index contributed by atoms with van der Waals surface area (Å²) in [5.41, 5.74) is 16.2. The highest BCUT2D eigenvalue weighted by Gasteiger charge is 2.31. The Labute approximate surface area is 267 Å². The summed E-state index contributed by atoms with van der Waals surface area (Å²) in [5, 5.41) is 32.6. The van der Waals surface area contributed by atoms with E-state index in [2.05, 4.69) is 36.9 Å². The number of carbonyl (C=O) groups is 7. The van der Waals surface area contributed by atoms with Gasteiger partial charge in [-0.3, -0.25) is 33.8 Å². The first-order chi connectivity index (χ1) is 21.3. The summed E-state index contributed by atoms with van der Waals surface area (Å²) in [6.07, 6.45) is 0.460. The molecule has 0 aliphatic heterocycles. The molecule has 0 spiro atoms. The number of nitrogens with two attached hydrogens (primary N) is 3. The van der Waals surface area contributed by atoms with Crippen LogP contribution < -0.4 is 49.1 Å². The molecule has 0 heterocycles. The summed E-state index contributed by atoms with van der Waals surface area (Å²) in [5.74, 6) is -6.84. The quantitative estimate of drug-likeness (QED) is 0.0334. The summed E-state index contributed by atoms with van der Waals surface area (Å²) >= 11 is 0. The van der Waals surface area contributed by atoms with E-state index in [1.807, 2.05) is 0 Å². The van der Waals surface area contributed by atoms with E-state index in [0.29, 0.717) is 6.42 Å². The molecule has 0 saturated heterocycles. The van der Waals surface area contributed by atoms with E-state index in [-0.39, 0.29) is 18.9 Å². The first-order valence-electron chi connectivity index (χ1n) is 14.7. The van der Waals surface area contributed by atoms with E-state index in [1.54, 1.807) is 27.7 Å². The number of aliphatic hydroxyl groups excluding tert-OH is 1. The summed E-state index contributed by atoms with van der Waals surface area (Å²) in [6, 6.07) is -6.96. The lowest BCUT2D eigenvalue weighted by Crippen LogP contribution is -2.59. The summed E-state index contributed by atoms with van der Waals surface area (Å²) in [4.78, 5) is 90.9. The van der Waals surface area contributed by atoms with Crippen LogP contribution in [0, 0.1) is 11.8 Å². The van der Waals surface area contributed by atoms with Crippen LogP contribution in [0.25, 0.3) is 0 Å². The highest BCUT2D eigenvalue weighted by atomic mass is 16.4. The second-order valence-electron chi connectivity index (χ2n) is 11.3. The SMILES string of the molecule is CC(C)[C@H](NC(=O)CNC(=O)[C@H](C)NC(=O)[C@@H](NC(=O)[C@H](CCCN=C(N)N)NC(=O)[C@H](C)N)C(C)C)C(=O)N[C@@H](CO)C(=O)O. The monoisotopic (exact) mass is 658 g/mol. The molecule has 0 fully saturated rings. The fourth-order valence-corrected chi connectivity index (χ4v) is 3.76. The number of aliphatic carboxylic acids is 1. The van der Waals surface area contributed by atoms with E-state index in [9.17, 15) is 33.6 Å². The molecule has 0 aromatic heterocycles. The van der Waals surface area contributed by atoms with Crippen LogP contribution in [0.2, 0.25) is 0 Å². The standard InChI is InChI=1S/C27H50N10O9/c1-12(2)19(25(44)35-17(11-38)26(45)46)36-18(39)10-32-22(41)15(6)33-24(43)20(13(3)4)37-23(42)16(34-21(40)14(5)28)8-7-9-31-27(29)30/h12-17,19-20,38H,7-11,28H2,1-6H3,(H,32,41)(H,33,43)(H,34,40)(H,35,44)(H,36,39)(H,37,42)(H,45,46)(H4,29,30,31)/t14-,15-,16-,17-,19-,20-/m0/s1. The van der Waals surface area contributed by atoms with Crippen LogP contribution in [0.3, 0.4) is 0 Å². The predicted octanol–water partition coefficient (Wildman–Crippen LogP) is -4.66. The molecule has 46 heavy (non-hydrogen) atoms. The minimum absolute atomic E-state index is 0.131. The number of hydrogen-bond donors (Lipinski definition) is 11. The van der Waals surface area contributed by atoms with Crippen molar-refractivity contribution < 1.29 is 43.8 Å². The average Bonchev–Trinajstić information content (AvgIpc) is 2.96. The molecule has 6 atom stereocenters. The maximum Gasteiger partial charge on any atom is 0.328 e. The smallest absolute Gasteiger partial charge is 0.328 e. The van der Waals surface area contributed by atoms with Gasteiger partial charge in [0.1, 0.15) is 30.2 Å². The number of carboxylic acid groups (broad SMARTS) is 1. The van der Waals surface area contributed by atoms with Crippen molar-refractivity contribution in [2.45, 2.75) is 90.6 Å². The molecule has 262 valence electrons. The number of hydrogen-bond acceptors (Lipinski definition) is 10. The van der Waals surface area contributed by atoms with Gasteiger partial charge in [0.2, 0.25) is 35.4 Å². The lowest BCUT2D eigenvalue weighted by Gasteiger charge is -2.27. The molecule has 0 rings (SSSR count). The van der Waals surface area contributed by atoms with Crippen molar-refractivity contribution >= 4 is 47.4 Å². The van der Waals surface area contributed by atoms with Crippen LogP contribution in [-0.2, 0) is 33.6 Å². The van der Waals surface area contributed by atoms with Gasteiger partial charge >= 0.3 is 5.97 Å². The third kappa shape index (κ3) is 15.5. The van der Waals surface area contributed by atoms with Gasteiger partial charge < -0.3 is 59.3 Å². The van der Waals surface area contributed by atoms with Crippen LogP contribution in [-0.4, -0.2) is 114 Å². The Hall–Kier alpha value is -4.52. The van der Waals surface area contributed by atoms with Crippen molar-refractivity contribution in [2.75, 3.05) is 19.7 Å². The molecule has 6 amide bonds. The number of nitrogens with zero attached hydrogens (tertiary/aromatic N) is 1. The molecule has 0 bridgehead atoms. The maximum atomic E-state index is 13.1. The zero-order chi connectivity index (χ0) is 35.7. The fourth-order valence-electron chi connectivity index (χ4n) is 3.76. The first-order valence-corrected chi connectivity index (χ1v) is 14.7. The Morgan fingerprint density at radius 3 is 1.70 bits per heavy atom. The molecule has 0 unspecified atom stereocenters. The Kier molecular flexibility index (Phi) is 18.5. The van der Waals surface area contributed by atoms with Crippen molar-refractivity contribution in [3.63, 3.8) is 0 Å². The molecule has 19 heteroatoms. The molecular weight excluding hydrogens is 608 g/mol. The zero-order valence-electron chi connectivity index (χ0n) is 27.1. The Balaban J connectivity index is 5.31. The van der Waals surface area contributed by atoms with Gasteiger partial charge in [-0.25, -0.2) is 4.79 Å². The van der Waals surface area contributed by atoms with E-state index >= 15 is 0 Å². The number of carboxylic acids is 1. The third-order valence-corrected chi connectivity index (χ3v) is 6.48. The topological polar surface area (TPSA) is 323 Å². The summed E-state index contributed by atoms with van der Waals surface area (Å²) < 4.78 is 0. The average molecular weight is 659 g/mol. The van der Waals surface area contributed by atoms with Crippen LogP contribution >= 0.6 is 0 Å². The first kappa shape index (κ1) is 41.5. The van der Waals surface area contributed by atoms with Crippen LogP contribution in [0.15, 0.2) is 4.99 Å². The molecule has 14 N–H and O–H groups in total. The number of carbonyl (C=O) groups excluding carboxylic acids is 6. The van der Waals surface area contributed by atoms with Gasteiger partial charge in [0.05, 0.1) is 19.2 Å². The van der Waals surface area contributed by atoms with Gasteiger partial charge in [-0.05, 0) is 38.5 Å². The largest absolute Gasteiger partial charge is 0.480 e. The lowest BCUT2D eigenvalue weighted by atomic mass is 10.0. The number of rotatable bonds is 20. The second kappa shape index (κ2) is 20.5. The van der Waals surface area contributed by atoms with Crippen molar-refractivity contribution in [1.82, 2.24) is 31.9 Å². The Bertz CT molecular complexity index is 1110. The zero-order valence-corrected chi connectivity index (χ0v) is 27.1. The van der Waals surface area contributed by atoms with Gasteiger partial charge in [-0.1, -0.05) is 27.7 Å². The molecular formula is C27H50N10O9. The van der Waals surface area contributed by atoms with Crippen molar-refractivity contribution in [2.24, 2.45) is 34.0 Å². The van der Waals surface area contributed by atoms with Gasteiger partial charge in [0, 0.05) is 6.54 Å². The van der Waals surface area contributed by atoms with E-state index in [0.717, 1.165) is 0 Å². The third-order valence-electron chi connectivity index (χ3n) is 6.48. The van der Waals surface area contributed by atoms with Crippen LogP contribution in [0.1, 0.15) is 54.4 Å². The van der Waals surface area contributed by atoms with Crippen molar-refractivity contribution in [1.29, 1.82) is 0 Å². The van der Waals surface area contributed by atoms with Crippen LogP contribution in [0.4, 0.5) is 0 Å². The predicted molar refractivity (Wildman–Crippen MR) is 166 cm³/mol. The van der Waals surface area contributed by atoms with Gasteiger partial charge in [-0.2, -0.15) is 0 Å². The van der Waals surface area contributed by atoms with E-state index < -0.39 is 103 Å². The molecule has 19 nitrogen and oxygen atoms in total. The minimum Gasteiger partial charge on any atom is -0.480 e. The normalized spacial score (nSPS) is 14.8. The summed E-state index contributed by atoms with van der Waals surface area (Å²) in [6.45, 7) is 8.07. The molecule has 0 aromatic rings. The molecule has 0 aromatic carbocycles. The van der Waals surface area contributed by atoms with Crippen LogP contribution in [0.5, 0.6) is 0 Å². The number of nitrogens with one attached hydrogen (secondary N) is 6. The molecule has 0 aliphatic carbocycles. The van der Waals surface area contributed by atoms with Gasteiger partial charge in [0.25, 0.3) is 0 Å². The Morgan fingerprint density at radius 2 is 1.22 bits per heavy atom. The number of amides is 6. The Morgan fingerprint density at radius 1 is 0.696 bits per heavy atom. The fraction of sp³-hybridized carbons (Fsp3) is 0.704. The number of aliphatic imine (C=N–C) groups is 1. The van der Waals surface area contributed by atoms with Crippen molar-refractivity contribution in [3.05, 3.63) is 0 Å². The van der Waals surface area contributed by atoms with E-state index in [4.69, 9.17) is 27.4 Å². The molecule has 0 saturated carbocycles. The lowest BCUT2D eigenvalue weighted by molar-refractivity contribution is -0.143. The molecule has 0 radical (unpaired) electrons. The number of aliphatic hydroxyl groups is 1. The minimum atomic E-state index is -1.57. The molecule has 0 aliphatic rings. The maximum absolute atomic E-state index is 13.1. The van der Waals surface area contributed by atoms with Gasteiger partial charge in [-0.15, -0.1) is 0 Å². The van der Waals surface area contributed by atoms with Gasteiger partial charge in [0.15, 0.2) is 5.96 Å². The highest BCUT2D eigenvalue weighted by Crippen LogP contribution is 2.07. The second-order valence-corrected chi connectivity index (χ2v) is 11.3. The number of guanidine groups is 1. The highest BCUT2D eigenvalue weighted by molar-refractivity contribution is 5.96. The summed E-state index contributed by atoms with van der Waals surface area (Å²) in [7, 11) is 0.